The molecule has 1 saturated heterocycles. The highest BCUT2D eigenvalue weighted by molar-refractivity contribution is 5.99. The molecule has 0 N–H and O–H groups in total. The van der Waals surface area contributed by atoms with Crippen molar-refractivity contribution in [1.29, 1.82) is 0 Å². The van der Waals surface area contributed by atoms with Crippen LogP contribution < -0.4 is 0 Å². The Balaban J connectivity index is 1.79. The molecule has 18 heavy (non-hydrogen) atoms. The standard InChI is InChI=1S/C15H18O3/c1-14-7-15(2)11(12(16)18-13(15)17)6-10(14)8-3-4-9(14)5-8/h3-4,8-11H,5-7H2,1-2H3. The Hall–Kier alpha value is -1.12. The van der Waals surface area contributed by atoms with Crippen molar-refractivity contribution in [3.05, 3.63) is 12.2 Å². The van der Waals surface area contributed by atoms with Gasteiger partial charge < -0.3 is 4.74 Å². The van der Waals surface area contributed by atoms with Gasteiger partial charge in [-0.25, -0.2) is 0 Å². The zero-order chi connectivity index (χ0) is 12.7. The molecule has 1 heterocycles. The van der Waals surface area contributed by atoms with Gasteiger partial charge in [-0.15, -0.1) is 0 Å². The van der Waals surface area contributed by atoms with Crippen LogP contribution in [0, 0.1) is 34.5 Å². The summed E-state index contributed by atoms with van der Waals surface area (Å²) in [6, 6.07) is 0. The first-order valence-electron chi connectivity index (χ1n) is 6.89. The Labute approximate surface area is 107 Å². The Morgan fingerprint density at radius 2 is 2.00 bits per heavy atom. The minimum Gasteiger partial charge on any atom is -0.392 e. The minimum atomic E-state index is -0.569. The molecule has 3 heteroatoms. The first kappa shape index (κ1) is 10.8. The number of esters is 2. The van der Waals surface area contributed by atoms with Gasteiger partial charge in [0.2, 0.25) is 0 Å². The number of hydrogen-bond donors (Lipinski definition) is 0. The van der Waals surface area contributed by atoms with Crippen LogP contribution in [0.3, 0.4) is 0 Å². The highest BCUT2D eigenvalue weighted by atomic mass is 16.6. The van der Waals surface area contributed by atoms with E-state index in [1.165, 1.54) is 6.42 Å². The summed E-state index contributed by atoms with van der Waals surface area (Å²) in [5.41, 5.74) is -0.380. The van der Waals surface area contributed by atoms with E-state index < -0.39 is 5.41 Å². The number of ether oxygens (including phenoxy) is 1. The average molecular weight is 246 g/mol. The lowest BCUT2D eigenvalue weighted by Gasteiger charge is -2.49. The van der Waals surface area contributed by atoms with Gasteiger partial charge in [-0.1, -0.05) is 19.1 Å². The fourth-order valence-corrected chi connectivity index (χ4v) is 5.26. The average Bonchev–Trinajstić information content (AvgIpc) is 2.90. The fourth-order valence-electron chi connectivity index (χ4n) is 5.26. The van der Waals surface area contributed by atoms with Crippen LogP contribution in [0.15, 0.2) is 12.2 Å². The van der Waals surface area contributed by atoms with Crippen molar-refractivity contribution in [1.82, 2.24) is 0 Å². The second-order valence-corrected chi connectivity index (χ2v) is 7.09. The molecule has 0 spiro atoms. The van der Waals surface area contributed by atoms with Crippen molar-refractivity contribution in [3.63, 3.8) is 0 Å². The zero-order valence-corrected chi connectivity index (χ0v) is 10.8. The number of rotatable bonds is 0. The lowest BCUT2D eigenvalue weighted by molar-refractivity contribution is -0.155. The van der Waals surface area contributed by atoms with Gasteiger partial charge in [-0.3, -0.25) is 9.59 Å². The molecule has 2 saturated carbocycles. The van der Waals surface area contributed by atoms with Crippen LogP contribution in [0.4, 0.5) is 0 Å². The molecule has 4 aliphatic rings. The molecule has 4 rings (SSSR count). The monoisotopic (exact) mass is 246 g/mol. The maximum Gasteiger partial charge on any atom is 0.320 e. The number of carbonyl (C=O) groups is 2. The van der Waals surface area contributed by atoms with Crippen LogP contribution >= 0.6 is 0 Å². The summed E-state index contributed by atoms with van der Waals surface area (Å²) in [6.45, 7) is 4.24. The third-order valence-corrected chi connectivity index (χ3v) is 6.28. The highest BCUT2D eigenvalue weighted by Gasteiger charge is 2.66. The normalized spacial score (nSPS) is 56.6. The molecular formula is C15H18O3. The maximum absolute atomic E-state index is 12.0. The van der Waals surface area contributed by atoms with Gasteiger partial charge in [0, 0.05) is 0 Å². The van der Waals surface area contributed by atoms with E-state index >= 15 is 0 Å². The van der Waals surface area contributed by atoms with E-state index in [0.717, 1.165) is 12.8 Å². The zero-order valence-electron chi connectivity index (χ0n) is 10.8. The molecule has 3 aliphatic carbocycles. The maximum atomic E-state index is 12.0. The van der Waals surface area contributed by atoms with Crippen molar-refractivity contribution in [2.45, 2.75) is 33.1 Å². The number of fused-ring (bicyclic) bond motifs is 6. The predicted octanol–water partition coefficient (Wildman–Crippen LogP) is 2.31. The van der Waals surface area contributed by atoms with Gasteiger partial charge in [0.25, 0.3) is 0 Å². The lowest BCUT2D eigenvalue weighted by Crippen LogP contribution is -2.48. The third kappa shape index (κ3) is 0.987. The van der Waals surface area contributed by atoms with Gasteiger partial charge in [0.15, 0.2) is 0 Å². The molecule has 2 bridgehead atoms. The number of allylic oxidation sites excluding steroid dienone is 2. The van der Waals surface area contributed by atoms with Gasteiger partial charge >= 0.3 is 11.9 Å². The van der Waals surface area contributed by atoms with E-state index in [-0.39, 0.29) is 23.3 Å². The number of hydrogen-bond acceptors (Lipinski definition) is 3. The molecule has 0 aromatic rings. The molecule has 0 radical (unpaired) electrons. The van der Waals surface area contributed by atoms with E-state index in [0.29, 0.717) is 17.8 Å². The lowest BCUT2D eigenvalue weighted by atomic mass is 9.52. The van der Waals surface area contributed by atoms with E-state index in [2.05, 4.69) is 19.1 Å². The van der Waals surface area contributed by atoms with Crippen LogP contribution in [-0.2, 0) is 14.3 Å². The van der Waals surface area contributed by atoms with E-state index in [4.69, 9.17) is 4.74 Å². The summed E-state index contributed by atoms with van der Waals surface area (Å²) in [5.74, 6) is 1.00. The van der Waals surface area contributed by atoms with Crippen molar-refractivity contribution < 1.29 is 14.3 Å². The largest absolute Gasteiger partial charge is 0.392 e. The Bertz CT molecular complexity index is 494. The van der Waals surface area contributed by atoms with Crippen LogP contribution in [0.2, 0.25) is 0 Å². The van der Waals surface area contributed by atoms with Gasteiger partial charge in [0.05, 0.1) is 11.3 Å². The van der Waals surface area contributed by atoms with E-state index in [1.54, 1.807) is 0 Å². The van der Waals surface area contributed by atoms with Gasteiger partial charge in [0.1, 0.15) is 0 Å². The summed E-state index contributed by atoms with van der Waals surface area (Å²) in [6.07, 6.45) is 7.51. The Morgan fingerprint density at radius 3 is 2.78 bits per heavy atom. The third-order valence-electron chi connectivity index (χ3n) is 6.28. The van der Waals surface area contributed by atoms with Crippen LogP contribution in [0.1, 0.15) is 33.1 Å². The summed E-state index contributed by atoms with van der Waals surface area (Å²) in [7, 11) is 0. The fraction of sp³-hybridized carbons (Fsp3) is 0.733. The molecule has 6 atom stereocenters. The molecular weight excluding hydrogens is 228 g/mol. The molecule has 3 nitrogen and oxygen atoms in total. The molecule has 0 aromatic heterocycles. The van der Waals surface area contributed by atoms with E-state index in [9.17, 15) is 9.59 Å². The predicted molar refractivity (Wildman–Crippen MR) is 64.3 cm³/mol. The number of cyclic esters (lactones) is 2. The Morgan fingerprint density at radius 1 is 1.22 bits per heavy atom. The van der Waals surface area contributed by atoms with Gasteiger partial charge in [-0.05, 0) is 49.4 Å². The van der Waals surface area contributed by atoms with Crippen LogP contribution in [0.25, 0.3) is 0 Å². The first-order valence-corrected chi connectivity index (χ1v) is 6.89. The van der Waals surface area contributed by atoms with Crippen LogP contribution in [-0.4, -0.2) is 11.9 Å². The quantitative estimate of drug-likeness (QED) is 0.374. The topological polar surface area (TPSA) is 43.4 Å². The van der Waals surface area contributed by atoms with E-state index in [1.807, 2.05) is 6.92 Å². The summed E-state index contributed by atoms with van der Waals surface area (Å²) in [5, 5.41) is 0. The molecule has 0 amide bonds. The minimum absolute atomic E-state index is 0.189. The molecule has 3 fully saturated rings. The first-order chi connectivity index (χ1) is 8.45. The summed E-state index contributed by atoms with van der Waals surface area (Å²) >= 11 is 0. The number of carbonyl (C=O) groups excluding carboxylic acids is 2. The van der Waals surface area contributed by atoms with Crippen molar-refractivity contribution >= 4 is 11.9 Å². The van der Waals surface area contributed by atoms with Gasteiger partial charge in [-0.2, -0.15) is 0 Å². The van der Waals surface area contributed by atoms with Crippen molar-refractivity contribution in [2.75, 3.05) is 0 Å². The SMILES string of the molecule is CC12CC3(C)C4C=CC(C4)C3CC1C(=O)OC2=O. The van der Waals surface area contributed by atoms with Crippen LogP contribution in [0.5, 0.6) is 0 Å². The highest BCUT2D eigenvalue weighted by Crippen LogP contribution is 2.67. The Kier molecular flexibility index (Phi) is 1.73. The second-order valence-electron chi connectivity index (χ2n) is 7.09. The van der Waals surface area contributed by atoms with Crippen molar-refractivity contribution in [3.8, 4) is 0 Å². The molecule has 0 aromatic carbocycles. The molecule has 1 aliphatic heterocycles. The van der Waals surface area contributed by atoms with Crippen molar-refractivity contribution in [2.24, 2.45) is 34.5 Å². The summed E-state index contributed by atoms with van der Waals surface area (Å²) in [4.78, 5) is 23.9. The molecule has 96 valence electrons. The summed E-state index contributed by atoms with van der Waals surface area (Å²) < 4.78 is 4.91. The smallest absolute Gasteiger partial charge is 0.320 e. The molecule has 6 unspecified atom stereocenters. The second kappa shape index (κ2) is 2.89.